The van der Waals surface area contributed by atoms with Crippen molar-refractivity contribution in [2.75, 3.05) is 6.61 Å². The van der Waals surface area contributed by atoms with Crippen LogP contribution in [-0.4, -0.2) is 35.4 Å². The summed E-state index contributed by atoms with van der Waals surface area (Å²) in [6.45, 7) is -0.423. The Kier molecular flexibility index (Phi) is 7.69. The molecule has 3 N–H and O–H groups in total. The van der Waals surface area contributed by atoms with Gasteiger partial charge < -0.3 is 20.4 Å². The molecule has 1 aromatic heterocycles. The van der Waals surface area contributed by atoms with Crippen LogP contribution < -0.4 is 10.6 Å². The highest BCUT2D eigenvalue weighted by molar-refractivity contribution is 5.97. The third-order valence-electron chi connectivity index (χ3n) is 5.54. The van der Waals surface area contributed by atoms with Crippen molar-refractivity contribution in [3.05, 3.63) is 107 Å². The molecule has 1 heterocycles. The predicted molar refractivity (Wildman–Crippen MR) is 129 cm³/mol. The SMILES string of the molecule is O=C(COC(=O)[C@@H](Cc1c[nH]c2ccccc12)NC(=O)c1ccc(F)cc1)NCc1ccc(F)cc1. The van der Waals surface area contributed by atoms with E-state index in [4.69, 9.17) is 4.74 Å². The number of nitrogens with one attached hydrogen (secondary N) is 3. The molecule has 0 bridgehead atoms. The molecule has 1 atom stereocenters. The molecule has 184 valence electrons. The van der Waals surface area contributed by atoms with Gasteiger partial charge in [-0.3, -0.25) is 9.59 Å². The van der Waals surface area contributed by atoms with Crippen molar-refractivity contribution in [1.29, 1.82) is 0 Å². The lowest BCUT2D eigenvalue weighted by molar-refractivity contribution is -0.150. The summed E-state index contributed by atoms with van der Waals surface area (Å²) >= 11 is 0. The standard InChI is InChI=1S/C27H23F2N3O4/c28-20-9-5-17(6-10-20)14-31-25(33)16-36-27(35)24(32-26(34)18-7-11-21(29)12-8-18)13-19-15-30-23-4-2-1-3-22(19)23/h1-12,15,24,30H,13-14,16H2,(H,31,33)(H,32,34)/t24-/m1/s1. The fourth-order valence-corrected chi connectivity index (χ4v) is 3.65. The molecule has 0 aliphatic rings. The highest BCUT2D eigenvalue weighted by Crippen LogP contribution is 2.19. The zero-order chi connectivity index (χ0) is 25.5. The fraction of sp³-hybridized carbons (Fsp3) is 0.148. The van der Waals surface area contributed by atoms with Crippen LogP contribution in [0, 0.1) is 11.6 Å². The van der Waals surface area contributed by atoms with Gasteiger partial charge in [0.1, 0.15) is 17.7 Å². The summed E-state index contributed by atoms with van der Waals surface area (Å²) in [4.78, 5) is 40.9. The first-order valence-electron chi connectivity index (χ1n) is 11.2. The molecule has 0 aliphatic heterocycles. The number of carbonyl (C=O) groups is 3. The number of aromatic nitrogens is 1. The number of aromatic amines is 1. The van der Waals surface area contributed by atoms with Crippen LogP contribution in [0.25, 0.3) is 10.9 Å². The second-order valence-corrected chi connectivity index (χ2v) is 8.11. The molecule has 3 aromatic carbocycles. The number of halogens is 2. The van der Waals surface area contributed by atoms with Crippen LogP contribution in [0.2, 0.25) is 0 Å². The predicted octanol–water partition coefficient (Wildman–Crippen LogP) is 3.65. The number of amides is 2. The largest absolute Gasteiger partial charge is 0.454 e. The van der Waals surface area contributed by atoms with Crippen molar-refractivity contribution in [2.45, 2.75) is 19.0 Å². The highest BCUT2D eigenvalue weighted by Gasteiger charge is 2.25. The Morgan fingerprint density at radius 3 is 2.28 bits per heavy atom. The molecule has 2 amide bonds. The Morgan fingerprint density at radius 2 is 1.56 bits per heavy atom. The monoisotopic (exact) mass is 491 g/mol. The lowest BCUT2D eigenvalue weighted by Gasteiger charge is -2.18. The third kappa shape index (κ3) is 6.32. The van der Waals surface area contributed by atoms with Crippen molar-refractivity contribution in [2.24, 2.45) is 0 Å². The van der Waals surface area contributed by atoms with E-state index in [1.165, 1.54) is 36.4 Å². The average Bonchev–Trinajstić information content (AvgIpc) is 3.29. The van der Waals surface area contributed by atoms with E-state index in [-0.39, 0.29) is 24.3 Å². The van der Waals surface area contributed by atoms with E-state index in [0.717, 1.165) is 28.6 Å². The molecular formula is C27H23F2N3O4. The molecule has 4 aromatic rings. The quantitative estimate of drug-likeness (QED) is 0.311. The molecule has 0 radical (unpaired) electrons. The van der Waals surface area contributed by atoms with Crippen LogP contribution in [0.3, 0.4) is 0 Å². The third-order valence-corrected chi connectivity index (χ3v) is 5.54. The molecule has 0 aliphatic carbocycles. The molecule has 7 nitrogen and oxygen atoms in total. The first-order chi connectivity index (χ1) is 17.4. The van der Waals surface area contributed by atoms with Gasteiger partial charge in [-0.05, 0) is 53.6 Å². The van der Waals surface area contributed by atoms with Gasteiger partial charge in [0, 0.05) is 35.6 Å². The Morgan fingerprint density at radius 1 is 0.889 bits per heavy atom. The van der Waals surface area contributed by atoms with Crippen molar-refractivity contribution in [1.82, 2.24) is 15.6 Å². The number of benzene rings is 3. The van der Waals surface area contributed by atoms with Crippen LogP contribution in [-0.2, 0) is 27.3 Å². The summed E-state index contributed by atoms with van der Waals surface area (Å²) < 4.78 is 31.5. The van der Waals surface area contributed by atoms with Gasteiger partial charge in [-0.1, -0.05) is 30.3 Å². The molecule has 0 spiro atoms. The van der Waals surface area contributed by atoms with E-state index in [0.29, 0.717) is 5.56 Å². The zero-order valence-electron chi connectivity index (χ0n) is 19.1. The maximum Gasteiger partial charge on any atom is 0.329 e. The molecular weight excluding hydrogens is 468 g/mol. The number of rotatable bonds is 9. The van der Waals surface area contributed by atoms with Crippen molar-refractivity contribution in [3.63, 3.8) is 0 Å². The lowest BCUT2D eigenvalue weighted by Crippen LogP contribution is -2.44. The number of esters is 1. The maximum absolute atomic E-state index is 13.2. The summed E-state index contributed by atoms with van der Waals surface area (Å²) in [6, 6.07) is 16.9. The van der Waals surface area contributed by atoms with Crippen LogP contribution in [0.5, 0.6) is 0 Å². The average molecular weight is 491 g/mol. The van der Waals surface area contributed by atoms with Crippen molar-refractivity contribution < 1.29 is 27.9 Å². The second kappa shape index (κ2) is 11.3. The van der Waals surface area contributed by atoms with Gasteiger partial charge in [-0.25, -0.2) is 13.6 Å². The minimum absolute atomic E-state index is 0.104. The topological polar surface area (TPSA) is 100 Å². The molecule has 36 heavy (non-hydrogen) atoms. The summed E-state index contributed by atoms with van der Waals surface area (Å²) in [5.74, 6) is -2.82. The molecule has 0 saturated carbocycles. The Hall–Kier alpha value is -4.53. The van der Waals surface area contributed by atoms with E-state index in [2.05, 4.69) is 15.6 Å². The van der Waals surface area contributed by atoms with Gasteiger partial charge in [-0.15, -0.1) is 0 Å². The Bertz CT molecular complexity index is 1370. The van der Waals surface area contributed by atoms with E-state index in [9.17, 15) is 23.2 Å². The minimum Gasteiger partial charge on any atom is -0.454 e. The molecule has 0 saturated heterocycles. The zero-order valence-corrected chi connectivity index (χ0v) is 19.1. The number of ether oxygens (including phenoxy) is 1. The normalized spacial score (nSPS) is 11.6. The van der Waals surface area contributed by atoms with Crippen LogP contribution in [0.15, 0.2) is 79.0 Å². The summed E-state index contributed by atoms with van der Waals surface area (Å²) in [5, 5.41) is 6.09. The van der Waals surface area contributed by atoms with Crippen molar-refractivity contribution >= 4 is 28.7 Å². The number of hydrogen-bond acceptors (Lipinski definition) is 4. The molecule has 4 rings (SSSR count). The van der Waals surface area contributed by atoms with E-state index >= 15 is 0 Å². The Balaban J connectivity index is 1.42. The first-order valence-corrected chi connectivity index (χ1v) is 11.2. The molecule has 0 fully saturated rings. The highest BCUT2D eigenvalue weighted by atomic mass is 19.1. The number of carbonyl (C=O) groups excluding carboxylic acids is 3. The lowest BCUT2D eigenvalue weighted by atomic mass is 10.0. The van der Waals surface area contributed by atoms with Gasteiger partial charge >= 0.3 is 5.97 Å². The molecule has 9 heteroatoms. The Labute approximate surface area is 205 Å². The van der Waals surface area contributed by atoms with Gasteiger partial charge in [-0.2, -0.15) is 0 Å². The summed E-state index contributed by atoms with van der Waals surface area (Å²) in [5.41, 5.74) is 2.49. The number of fused-ring (bicyclic) bond motifs is 1. The van der Waals surface area contributed by atoms with Crippen LogP contribution in [0.4, 0.5) is 8.78 Å². The van der Waals surface area contributed by atoms with Gasteiger partial charge in [0.25, 0.3) is 11.8 Å². The van der Waals surface area contributed by atoms with Crippen molar-refractivity contribution in [3.8, 4) is 0 Å². The van der Waals surface area contributed by atoms with Gasteiger partial charge in [0.05, 0.1) is 0 Å². The molecule has 0 unspecified atom stereocenters. The summed E-state index contributed by atoms with van der Waals surface area (Å²) in [7, 11) is 0. The van der Waals surface area contributed by atoms with E-state index in [1.807, 2.05) is 24.3 Å². The second-order valence-electron chi connectivity index (χ2n) is 8.11. The summed E-state index contributed by atoms with van der Waals surface area (Å²) in [6.07, 6.45) is 1.84. The van der Waals surface area contributed by atoms with E-state index in [1.54, 1.807) is 6.20 Å². The van der Waals surface area contributed by atoms with Crippen LogP contribution >= 0.6 is 0 Å². The van der Waals surface area contributed by atoms with Gasteiger partial charge in [0.15, 0.2) is 6.61 Å². The first kappa shape index (κ1) is 24.6. The van der Waals surface area contributed by atoms with Gasteiger partial charge in [0.2, 0.25) is 0 Å². The maximum atomic E-state index is 13.2. The number of para-hydroxylation sites is 1. The van der Waals surface area contributed by atoms with E-state index < -0.39 is 36.2 Å². The minimum atomic E-state index is -1.10. The fourth-order valence-electron chi connectivity index (χ4n) is 3.65. The number of hydrogen-bond donors (Lipinski definition) is 3. The van der Waals surface area contributed by atoms with Crippen LogP contribution in [0.1, 0.15) is 21.5 Å². The number of H-pyrrole nitrogens is 1. The smallest absolute Gasteiger partial charge is 0.329 e.